The van der Waals surface area contributed by atoms with Crippen molar-refractivity contribution in [2.75, 3.05) is 62.0 Å². The molecule has 236 valence electrons. The lowest BCUT2D eigenvalue weighted by Gasteiger charge is -2.26. The zero-order valence-electron chi connectivity index (χ0n) is 24.8. The number of anilines is 4. The lowest BCUT2D eigenvalue weighted by atomic mass is 9.93. The molecule has 1 saturated carbocycles. The molecule has 1 fully saturated rings. The Hall–Kier alpha value is -4.17. The summed E-state index contributed by atoms with van der Waals surface area (Å²) in [5, 5.41) is 22.6. The number of nitrogens with one attached hydrogen (secondary N) is 4. The Morgan fingerprint density at radius 1 is 0.909 bits per heavy atom. The van der Waals surface area contributed by atoms with Crippen LogP contribution >= 0.6 is 0 Å². The quantitative estimate of drug-likeness (QED) is 0.0919. The number of carbonyl (C=O) groups excluding carboxylic acids is 2. The van der Waals surface area contributed by atoms with E-state index in [0.717, 1.165) is 37.5 Å². The van der Waals surface area contributed by atoms with Gasteiger partial charge in [0.25, 0.3) is 5.91 Å². The van der Waals surface area contributed by atoms with Gasteiger partial charge in [0.1, 0.15) is 6.29 Å². The third-order valence-electron chi connectivity index (χ3n) is 7.02. The second-order valence-electron chi connectivity index (χ2n) is 10.5. The third-order valence-corrected chi connectivity index (χ3v) is 7.02. The van der Waals surface area contributed by atoms with E-state index in [-0.39, 0.29) is 18.1 Å². The van der Waals surface area contributed by atoms with Gasteiger partial charge in [0, 0.05) is 42.5 Å². The molecule has 0 unspecified atom stereocenters. The van der Waals surface area contributed by atoms with Gasteiger partial charge in [-0.1, -0.05) is 30.3 Å². The molecule has 0 spiro atoms. The summed E-state index contributed by atoms with van der Waals surface area (Å²) in [4.78, 5) is 37.4. The molecule has 0 aliphatic heterocycles. The monoisotopic (exact) mass is 606 g/mol. The molecule has 1 amide bonds. The van der Waals surface area contributed by atoms with Crippen molar-refractivity contribution in [3.05, 3.63) is 65.2 Å². The fourth-order valence-corrected chi connectivity index (χ4v) is 4.67. The van der Waals surface area contributed by atoms with E-state index < -0.39 is 0 Å². The average Bonchev–Trinajstić information content (AvgIpc) is 3.04. The zero-order valence-corrected chi connectivity index (χ0v) is 24.8. The number of aldehydes is 1. The zero-order chi connectivity index (χ0) is 31.0. The number of hydrogen-bond acceptors (Lipinski definition) is 12. The second-order valence-corrected chi connectivity index (χ2v) is 10.5. The summed E-state index contributed by atoms with van der Waals surface area (Å²) in [6.07, 6.45) is 4.36. The maximum absolute atomic E-state index is 12.7. The Morgan fingerprint density at radius 2 is 1.64 bits per heavy atom. The molecule has 1 aliphatic carbocycles. The van der Waals surface area contributed by atoms with Crippen molar-refractivity contribution in [2.24, 2.45) is 5.73 Å². The normalized spacial score (nSPS) is 16.2. The van der Waals surface area contributed by atoms with Gasteiger partial charge in [-0.15, -0.1) is 0 Å². The molecule has 0 radical (unpaired) electrons. The molecule has 3 aromatic rings. The molecule has 0 saturated heterocycles. The van der Waals surface area contributed by atoms with Gasteiger partial charge < -0.3 is 41.6 Å². The number of aromatic nitrogens is 3. The molecule has 13 heteroatoms. The van der Waals surface area contributed by atoms with Gasteiger partial charge in [-0.05, 0) is 55.9 Å². The SMILES string of the molecule is NCCOCCOCCNC(=O)c1cccc(Nc2nc(NCCc3ccc(C=O)cc3)nc(NC3CCC(O)CC3)n2)c1. The number of nitrogens with zero attached hydrogens (tertiary/aromatic N) is 3. The van der Waals surface area contributed by atoms with E-state index in [0.29, 0.717) is 87.1 Å². The number of aliphatic hydroxyl groups excluding tert-OH is 1. The number of amides is 1. The van der Waals surface area contributed by atoms with E-state index in [9.17, 15) is 14.7 Å². The summed E-state index contributed by atoms with van der Waals surface area (Å²) in [5.74, 6) is 0.911. The predicted octanol–water partition coefficient (Wildman–Crippen LogP) is 2.52. The van der Waals surface area contributed by atoms with Crippen LogP contribution in [0.1, 0.15) is 52.0 Å². The summed E-state index contributed by atoms with van der Waals surface area (Å²) < 4.78 is 10.7. The minimum absolute atomic E-state index is 0.146. The van der Waals surface area contributed by atoms with Crippen molar-refractivity contribution in [1.29, 1.82) is 0 Å². The first-order valence-corrected chi connectivity index (χ1v) is 15.0. The topological polar surface area (TPSA) is 186 Å². The molecule has 4 rings (SSSR count). The summed E-state index contributed by atoms with van der Waals surface area (Å²) in [6.45, 7) is 3.17. The van der Waals surface area contributed by atoms with Crippen LogP contribution in [0.15, 0.2) is 48.5 Å². The molecule has 0 atom stereocenters. The Balaban J connectivity index is 1.37. The van der Waals surface area contributed by atoms with Crippen molar-refractivity contribution in [2.45, 2.75) is 44.2 Å². The van der Waals surface area contributed by atoms with E-state index in [2.05, 4.69) is 36.2 Å². The number of aliphatic hydroxyl groups is 1. The maximum Gasteiger partial charge on any atom is 0.251 e. The molecular weight excluding hydrogens is 564 g/mol. The number of ether oxygens (including phenoxy) is 2. The third kappa shape index (κ3) is 11.2. The standard InChI is InChI=1S/C31H42N8O5/c32-13-16-43-18-19-44-17-15-33-28(42)24-2-1-3-26(20-24)36-31-38-29(34-14-12-22-4-6-23(21-40)7-5-22)37-30(39-31)35-25-8-10-27(41)11-9-25/h1-7,20-21,25,27,41H,8-19,32H2,(H,33,42)(H3,34,35,36,37,38,39). The first-order valence-electron chi connectivity index (χ1n) is 15.0. The Bertz CT molecular complexity index is 1320. The van der Waals surface area contributed by atoms with Crippen LogP contribution in [0.25, 0.3) is 0 Å². The molecule has 1 heterocycles. The van der Waals surface area contributed by atoms with Gasteiger partial charge in [-0.3, -0.25) is 9.59 Å². The fraction of sp³-hybridized carbons (Fsp3) is 0.452. The van der Waals surface area contributed by atoms with Gasteiger partial charge in [0.15, 0.2) is 0 Å². The Labute approximate surface area is 257 Å². The van der Waals surface area contributed by atoms with Crippen molar-refractivity contribution in [3.63, 3.8) is 0 Å². The minimum Gasteiger partial charge on any atom is -0.393 e. The summed E-state index contributed by atoms with van der Waals surface area (Å²) in [6, 6.07) is 14.6. The summed E-state index contributed by atoms with van der Waals surface area (Å²) >= 11 is 0. The predicted molar refractivity (Wildman–Crippen MR) is 168 cm³/mol. The van der Waals surface area contributed by atoms with E-state index in [4.69, 9.17) is 15.2 Å². The highest BCUT2D eigenvalue weighted by Gasteiger charge is 2.20. The molecule has 1 aromatic heterocycles. The molecule has 13 nitrogen and oxygen atoms in total. The minimum atomic E-state index is -0.264. The molecular formula is C31H42N8O5. The van der Waals surface area contributed by atoms with Crippen molar-refractivity contribution >= 4 is 35.7 Å². The lowest BCUT2D eigenvalue weighted by molar-refractivity contribution is 0.0511. The van der Waals surface area contributed by atoms with E-state index in [1.165, 1.54) is 0 Å². The molecule has 44 heavy (non-hydrogen) atoms. The Morgan fingerprint density at radius 3 is 2.39 bits per heavy atom. The number of benzene rings is 2. The van der Waals surface area contributed by atoms with Crippen LogP contribution in [0.5, 0.6) is 0 Å². The van der Waals surface area contributed by atoms with Crippen LogP contribution in [0, 0.1) is 0 Å². The van der Waals surface area contributed by atoms with Crippen molar-refractivity contribution in [1.82, 2.24) is 20.3 Å². The molecule has 0 bridgehead atoms. The average molecular weight is 607 g/mol. The highest BCUT2D eigenvalue weighted by atomic mass is 16.5. The Kier molecular flexibility index (Phi) is 13.3. The van der Waals surface area contributed by atoms with E-state index in [1.807, 2.05) is 18.2 Å². The van der Waals surface area contributed by atoms with Crippen molar-refractivity contribution in [3.8, 4) is 0 Å². The first kappa shape index (κ1) is 32.7. The van der Waals surface area contributed by atoms with Gasteiger partial charge in [-0.2, -0.15) is 15.0 Å². The van der Waals surface area contributed by atoms with Gasteiger partial charge in [-0.25, -0.2) is 0 Å². The number of rotatable bonds is 18. The van der Waals surface area contributed by atoms with Crippen molar-refractivity contribution < 1.29 is 24.2 Å². The smallest absolute Gasteiger partial charge is 0.251 e. The van der Waals surface area contributed by atoms with Crippen LogP contribution in [0.4, 0.5) is 23.5 Å². The van der Waals surface area contributed by atoms with E-state index in [1.54, 1.807) is 30.3 Å². The number of carbonyl (C=O) groups is 2. The molecule has 7 N–H and O–H groups in total. The van der Waals surface area contributed by atoms with Crippen LogP contribution in [0.3, 0.4) is 0 Å². The van der Waals surface area contributed by atoms with Gasteiger partial charge in [0.2, 0.25) is 17.8 Å². The highest BCUT2D eigenvalue weighted by molar-refractivity contribution is 5.95. The number of nitrogens with two attached hydrogens (primary N) is 1. The largest absolute Gasteiger partial charge is 0.393 e. The maximum atomic E-state index is 12.7. The van der Waals surface area contributed by atoms with E-state index >= 15 is 0 Å². The molecule has 2 aromatic carbocycles. The highest BCUT2D eigenvalue weighted by Crippen LogP contribution is 2.23. The van der Waals surface area contributed by atoms with Crippen LogP contribution in [-0.4, -0.2) is 90.5 Å². The van der Waals surface area contributed by atoms with Crippen LogP contribution in [-0.2, 0) is 15.9 Å². The lowest BCUT2D eigenvalue weighted by Crippen LogP contribution is -2.29. The second kappa shape index (κ2) is 17.8. The van der Waals surface area contributed by atoms with Gasteiger partial charge >= 0.3 is 0 Å². The number of hydrogen-bond donors (Lipinski definition) is 6. The van der Waals surface area contributed by atoms with Crippen LogP contribution < -0.4 is 27.0 Å². The summed E-state index contributed by atoms with van der Waals surface area (Å²) in [7, 11) is 0. The van der Waals surface area contributed by atoms with Crippen LogP contribution in [0.2, 0.25) is 0 Å². The summed E-state index contributed by atoms with van der Waals surface area (Å²) in [5.41, 5.74) is 8.22. The molecule has 1 aliphatic rings. The van der Waals surface area contributed by atoms with Gasteiger partial charge in [0.05, 0.1) is 32.5 Å². The first-order chi connectivity index (χ1) is 21.5. The fourth-order valence-electron chi connectivity index (χ4n) is 4.67.